The number of benzene rings is 3. The zero-order chi connectivity index (χ0) is 31.6. The van der Waals surface area contributed by atoms with Gasteiger partial charge in [-0.15, -0.1) is 18.3 Å². The fraction of sp³-hybridized carbons (Fsp3) is 0.233. The maximum atomic E-state index is 15.4. The molecule has 0 radical (unpaired) electrons. The van der Waals surface area contributed by atoms with Crippen molar-refractivity contribution in [1.82, 2.24) is 20.1 Å². The van der Waals surface area contributed by atoms with Gasteiger partial charge in [0.25, 0.3) is 0 Å². The normalized spacial score (nSPS) is 15.8. The number of hydrogen-bond donors (Lipinski definition) is 1. The predicted molar refractivity (Wildman–Crippen MR) is 159 cm³/mol. The molecule has 1 saturated heterocycles. The number of aryl methyl sites for hydroxylation is 2. The molecular formula is C30H26F4N6O3S. The molecule has 5 rings (SSSR count). The number of halogens is 4. The average molecular weight is 627 g/mol. The van der Waals surface area contributed by atoms with E-state index in [1.54, 1.807) is 24.3 Å². The molecule has 3 amide bonds. The molecule has 4 aromatic rings. The molecule has 228 valence electrons. The monoisotopic (exact) mass is 626 g/mol. The van der Waals surface area contributed by atoms with Crippen LogP contribution in [0.5, 0.6) is 5.75 Å². The van der Waals surface area contributed by atoms with Crippen LogP contribution in [-0.2, 0) is 4.79 Å². The van der Waals surface area contributed by atoms with Crippen molar-refractivity contribution >= 4 is 34.6 Å². The average Bonchev–Trinajstić information content (AvgIpc) is 3.60. The topological polar surface area (TPSA) is 102 Å². The molecule has 2 heterocycles. The van der Waals surface area contributed by atoms with Crippen LogP contribution in [0.4, 0.5) is 28.0 Å². The van der Waals surface area contributed by atoms with Gasteiger partial charge in [0.1, 0.15) is 18.2 Å². The third kappa shape index (κ3) is 6.91. The SMILES string of the molecule is Cc1cccc(C)c1N1C(=O)CS/C1=N\C(=O)NC(C)C(F)c1ccc(-c2ncn(-c3ccc(OC(F)(F)F)cc3)n2)cc1. The fourth-order valence-corrected chi connectivity index (χ4v) is 5.49. The number of nitrogens with zero attached hydrogens (tertiary/aromatic N) is 5. The van der Waals surface area contributed by atoms with Crippen LogP contribution < -0.4 is 15.0 Å². The minimum atomic E-state index is -4.79. The lowest BCUT2D eigenvalue weighted by molar-refractivity contribution is -0.274. The maximum Gasteiger partial charge on any atom is 0.573 e. The summed E-state index contributed by atoms with van der Waals surface area (Å²) in [7, 11) is 0. The van der Waals surface area contributed by atoms with Crippen LogP contribution in [-0.4, -0.2) is 50.0 Å². The summed E-state index contributed by atoms with van der Waals surface area (Å²) in [6.07, 6.45) is -4.95. The van der Waals surface area contributed by atoms with E-state index >= 15 is 4.39 Å². The van der Waals surface area contributed by atoms with E-state index in [2.05, 4.69) is 25.1 Å². The van der Waals surface area contributed by atoms with E-state index in [1.165, 1.54) is 47.1 Å². The molecule has 3 aromatic carbocycles. The highest BCUT2D eigenvalue weighted by molar-refractivity contribution is 8.15. The third-order valence-electron chi connectivity index (χ3n) is 6.73. The molecule has 0 spiro atoms. The number of nitrogens with one attached hydrogen (secondary N) is 1. The van der Waals surface area contributed by atoms with Gasteiger partial charge in [0.2, 0.25) is 5.91 Å². The van der Waals surface area contributed by atoms with Crippen molar-refractivity contribution in [3.63, 3.8) is 0 Å². The number of ether oxygens (including phenoxy) is 1. The number of para-hydroxylation sites is 1. The molecular weight excluding hydrogens is 600 g/mol. The molecule has 0 bridgehead atoms. The lowest BCUT2D eigenvalue weighted by atomic mass is 10.0. The molecule has 1 aliphatic heterocycles. The van der Waals surface area contributed by atoms with Gasteiger partial charge in [-0.1, -0.05) is 54.2 Å². The molecule has 1 aromatic heterocycles. The summed E-state index contributed by atoms with van der Waals surface area (Å²) < 4.78 is 57.8. The Morgan fingerprint density at radius 2 is 1.70 bits per heavy atom. The lowest BCUT2D eigenvalue weighted by Gasteiger charge is -2.21. The Bertz CT molecular complexity index is 1690. The van der Waals surface area contributed by atoms with Crippen molar-refractivity contribution < 1.29 is 31.9 Å². The summed E-state index contributed by atoms with van der Waals surface area (Å²) in [5, 5.41) is 7.13. The van der Waals surface area contributed by atoms with Crippen LogP contribution in [0.1, 0.15) is 29.8 Å². The standard InChI is InChI=1S/C30H26F4N6O3S/c1-17-5-4-6-18(2)26(17)40-24(41)15-44-29(40)37-28(42)36-19(3)25(31)20-7-9-21(10-8-20)27-35-16-39(38-27)22-11-13-23(14-12-22)43-30(32,33)34/h4-14,16,19,25H,15H2,1-3H3,(H,36,42)/b37-29-. The van der Waals surface area contributed by atoms with Crippen molar-refractivity contribution in [3.05, 3.63) is 89.7 Å². The summed E-state index contributed by atoms with van der Waals surface area (Å²) in [5.74, 6) is -0.0910. The maximum absolute atomic E-state index is 15.4. The number of carbonyl (C=O) groups excluding carboxylic acids is 2. The Labute approximate surface area is 254 Å². The number of alkyl halides is 4. The lowest BCUT2D eigenvalue weighted by Crippen LogP contribution is -2.36. The van der Waals surface area contributed by atoms with Crippen molar-refractivity contribution in [2.45, 2.75) is 39.3 Å². The van der Waals surface area contributed by atoms with Crippen molar-refractivity contribution in [2.24, 2.45) is 4.99 Å². The van der Waals surface area contributed by atoms with Crippen LogP contribution >= 0.6 is 11.8 Å². The Hall–Kier alpha value is -4.72. The van der Waals surface area contributed by atoms with Crippen LogP contribution in [0.2, 0.25) is 0 Å². The number of aliphatic imine (C=N–C) groups is 1. The van der Waals surface area contributed by atoms with E-state index in [4.69, 9.17) is 0 Å². The smallest absolute Gasteiger partial charge is 0.406 e. The zero-order valence-electron chi connectivity index (χ0n) is 23.7. The van der Waals surface area contributed by atoms with Gasteiger partial charge >= 0.3 is 12.4 Å². The van der Waals surface area contributed by atoms with E-state index in [9.17, 15) is 22.8 Å². The highest BCUT2D eigenvalue weighted by Gasteiger charge is 2.33. The quantitative estimate of drug-likeness (QED) is 0.229. The van der Waals surface area contributed by atoms with E-state index < -0.39 is 24.6 Å². The molecule has 1 aliphatic rings. The summed E-state index contributed by atoms with van der Waals surface area (Å²) >= 11 is 1.14. The van der Waals surface area contributed by atoms with Crippen LogP contribution in [0.25, 0.3) is 17.1 Å². The Kier molecular flexibility index (Phi) is 8.72. The highest BCUT2D eigenvalue weighted by atomic mass is 32.2. The Morgan fingerprint density at radius 3 is 2.34 bits per heavy atom. The van der Waals surface area contributed by atoms with Crippen LogP contribution in [0.15, 0.2) is 78.0 Å². The molecule has 14 heteroatoms. The zero-order valence-corrected chi connectivity index (χ0v) is 24.5. The van der Waals surface area contributed by atoms with Crippen molar-refractivity contribution in [3.8, 4) is 22.8 Å². The van der Waals surface area contributed by atoms with Gasteiger partial charge in [0, 0.05) is 5.56 Å². The van der Waals surface area contributed by atoms with Gasteiger partial charge in [0.05, 0.1) is 23.2 Å². The number of rotatable bonds is 7. The number of carbonyl (C=O) groups is 2. The molecule has 44 heavy (non-hydrogen) atoms. The summed E-state index contributed by atoms with van der Waals surface area (Å²) in [4.78, 5) is 35.1. The number of amides is 3. The first kappa shape index (κ1) is 30.7. The number of urea groups is 1. The number of hydrogen-bond acceptors (Lipinski definition) is 6. The molecule has 2 unspecified atom stereocenters. The molecule has 0 saturated carbocycles. The number of amidine groups is 1. The third-order valence-corrected chi connectivity index (χ3v) is 7.65. The van der Waals surface area contributed by atoms with Crippen LogP contribution in [0, 0.1) is 13.8 Å². The summed E-state index contributed by atoms with van der Waals surface area (Å²) in [5.41, 5.74) is 3.75. The van der Waals surface area contributed by atoms with E-state index in [-0.39, 0.29) is 22.6 Å². The van der Waals surface area contributed by atoms with Gasteiger partial charge in [-0.25, -0.2) is 18.9 Å². The largest absolute Gasteiger partial charge is 0.573 e. The highest BCUT2D eigenvalue weighted by Crippen LogP contribution is 2.32. The minimum Gasteiger partial charge on any atom is -0.406 e. The first-order valence-corrected chi connectivity index (χ1v) is 14.3. The number of anilines is 1. The minimum absolute atomic E-state index is 0.143. The van der Waals surface area contributed by atoms with Gasteiger partial charge in [-0.2, -0.15) is 4.99 Å². The molecule has 2 atom stereocenters. The first-order valence-electron chi connectivity index (χ1n) is 13.3. The predicted octanol–water partition coefficient (Wildman–Crippen LogP) is 6.69. The molecule has 0 aliphatic carbocycles. The second kappa shape index (κ2) is 12.5. The molecule has 9 nitrogen and oxygen atoms in total. The second-order valence-corrected chi connectivity index (χ2v) is 10.9. The Balaban J connectivity index is 1.23. The first-order chi connectivity index (χ1) is 20.9. The Morgan fingerprint density at radius 1 is 1.05 bits per heavy atom. The van der Waals surface area contributed by atoms with Crippen molar-refractivity contribution in [1.29, 1.82) is 0 Å². The van der Waals surface area contributed by atoms with E-state index in [0.29, 0.717) is 28.3 Å². The fourth-order valence-electron chi connectivity index (χ4n) is 4.64. The summed E-state index contributed by atoms with van der Waals surface area (Å²) in [6, 6.07) is 15.4. The van der Waals surface area contributed by atoms with E-state index in [1.807, 2.05) is 32.0 Å². The molecule has 1 N–H and O–H groups in total. The van der Waals surface area contributed by atoms with Gasteiger partial charge in [-0.3, -0.25) is 9.69 Å². The van der Waals surface area contributed by atoms with Gasteiger partial charge in [-0.05, 0) is 61.7 Å². The number of aromatic nitrogens is 3. The van der Waals surface area contributed by atoms with Gasteiger partial charge in [0.15, 0.2) is 11.0 Å². The van der Waals surface area contributed by atoms with E-state index in [0.717, 1.165) is 22.9 Å². The van der Waals surface area contributed by atoms with Crippen molar-refractivity contribution in [2.75, 3.05) is 10.7 Å². The summed E-state index contributed by atoms with van der Waals surface area (Å²) in [6.45, 7) is 5.26. The molecule has 1 fully saturated rings. The van der Waals surface area contributed by atoms with Crippen LogP contribution in [0.3, 0.4) is 0 Å². The van der Waals surface area contributed by atoms with Gasteiger partial charge < -0.3 is 10.1 Å². The second-order valence-electron chi connectivity index (χ2n) is 9.97. The number of thioether (sulfide) groups is 1.